The first-order chi connectivity index (χ1) is 14.9. The third-order valence-corrected chi connectivity index (χ3v) is 6.35. The molecule has 0 N–H and O–H groups in total. The summed E-state index contributed by atoms with van der Waals surface area (Å²) in [6.07, 6.45) is 1.67. The van der Waals surface area contributed by atoms with Crippen LogP contribution in [0.25, 0.3) is 17.1 Å². The van der Waals surface area contributed by atoms with E-state index in [1.807, 2.05) is 62.6 Å². The second kappa shape index (κ2) is 9.44. The van der Waals surface area contributed by atoms with Crippen LogP contribution in [0.5, 0.6) is 0 Å². The molecule has 160 valence electrons. The molecule has 0 aliphatic carbocycles. The largest absolute Gasteiger partial charge is 0.444 e. The standard InChI is InChI=1S/C22H21Cl2N5OS/c1-14(28(2)3)20-26-27-22(29(20)19-10-8-17(24)9-11-19)31-13-18-12-30-21(25-18)15-4-6-16(23)7-5-15/h4-12,14H,13H2,1-3H3. The van der Waals surface area contributed by atoms with E-state index in [4.69, 9.17) is 27.6 Å². The van der Waals surface area contributed by atoms with Crippen molar-refractivity contribution in [2.75, 3.05) is 14.1 Å². The summed E-state index contributed by atoms with van der Waals surface area (Å²) in [6, 6.07) is 15.2. The molecular weight excluding hydrogens is 453 g/mol. The van der Waals surface area contributed by atoms with Crippen LogP contribution in [0.1, 0.15) is 24.5 Å². The topological polar surface area (TPSA) is 60.0 Å². The molecule has 2 aromatic carbocycles. The molecule has 4 aromatic rings. The van der Waals surface area contributed by atoms with Gasteiger partial charge in [-0.25, -0.2) is 4.98 Å². The highest BCUT2D eigenvalue weighted by molar-refractivity contribution is 7.98. The van der Waals surface area contributed by atoms with Gasteiger partial charge in [0.25, 0.3) is 0 Å². The van der Waals surface area contributed by atoms with Gasteiger partial charge in [-0.2, -0.15) is 0 Å². The zero-order valence-electron chi connectivity index (χ0n) is 17.3. The lowest BCUT2D eigenvalue weighted by molar-refractivity contribution is 0.305. The first-order valence-corrected chi connectivity index (χ1v) is 11.4. The molecule has 9 heteroatoms. The van der Waals surface area contributed by atoms with Crippen molar-refractivity contribution in [2.45, 2.75) is 23.9 Å². The molecule has 2 aromatic heterocycles. The van der Waals surface area contributed by atoms with Crippen molar-refractivity contribution >= 4 is 35.0 Å². The van der Waals surface area contributed by atoms with Gasteiger partial charge in [-0.05, 0) is 69.6 Å². The monoisotopic (exact) mass is 473 g/mol. The molecule has 4 rings (SSSR count). The van der Waals surface area contributed by atoms with E-state index in [-0.39, 0.29) is 6.04 Å². The molecule has 6 nitrogen and oxygen atoms in total. The molecule has 0 aliphatic heterocycles. The second-order valence-corrected chi connectivity index (χ2v) is 9.05. The van der Waals surface area contributed by atoms with E-state index < -0.39 is 0 Å². The number of benzene rings is 2. The average Bonchev–Trinajstić information content (AvgIpc) is 3.40. The van der Waals surface area contributed by atoms with Crippen LogP contribution in [0.3, 0.4) is 0 Å². The predicted molar refractivity (Wildman–Crippen MR) is 125 cm³/mol. The number of hydrogen-bond acceptors (Lipinski definition) is 6. The van der Waals surface area contributed by atoms with Crippen LogP contribution in [-0.4, -0.2) is 38.7 Å². The Labute approximate surface area is 195 Å². The third-order valence-electron chi connectivity index (χ3n) is 4.88. The molecule has 31 heavy (non-hydrogen) atoms. The van der Waals surface area contributed by atoms with Crippen LogP contribution in [0.4, 0.5) is 0 Å². The summed E-state index contributed by atoms with van der Waals surface area (Å²) in [5.74, 6) is 2.02. The molecule has 0 saturated carbocycles. The smallest absolute Gasteiger partial charge is 0.226 e. The van der Waals surface area contributed by atoms with E-state index in [2.05, 4.69) is 31.6 Å². The molecule has 0 bridgehead atoms. The Morgan fingerprint density at radius 1 is 1.00 bits per heavy atom. The van der Waals surface area contributed by atoms with Gasteiger partial charge in [0.15, 0.2) is 11.0 Å². The maximum atomic E-state index is 6.09. The van der Waals surface area contributed by atoms with Gasteiger partial charge in [-0.1, -0.05) is 35.0 Å². The quantitative estimate of drug-likeness (QED) is 0.300. The van der Waals surface area contributed by atoms with Gasteiger partial charge in [-0.15, -0.1) is 10.2 Å². The number of hydrogen-bond donors (Lipinski definition) is 0. The fraction of sp³-hybridized carbons (Fsp3) is 0.227. The summed E-state index contributed by atoms with van der Waals surface area (Å²) in [5.41, 5.74) is 2.66. The SMILES string of the molecule is CC(c1nnc(SCc2coc(-c3ccc(Cl)cc3)n2)n1-c1ccc(Cl)cc1)N(C)C. The number of oxazole rings is 1. The normalized spacial score (nSPS) is 12.5. The third kappa shape index (κ3) is 4.96. The first-order valence-electron chi connectivity index (χ1n) is 9.63. The molecule has 1 atom stereocenters. The Kier molecular flexibility index (Phi) is 6.67. The van der Waals surface area contributed by atoms with Gasteiger partial charge in [0, 0.05) is 27.0 Å². The highest BCUT2D eigenvalue weighted by Crippen LogP contribution is 2.30. The minimum Gasteiger partial charge on any atom is -0.444 e. The second-order valence-electron chi connectivity index (χ2n) is 7.23. The Morgan fingerprint density at radius 2 is 1.65 bits per heavy atom. The molecular formula is C22H21Cl2N5OS. The summed E-state index contributed by atoms with van der Waals surface area (Å²) in [5, 5.41) is 11.1. The van der Waals surface area contributed by atoms with Crippen LogP contribution >= 0.6 is 35.0 Å². The highest BCUT2D eigenvalue weighted by atomic mass is 35.5. The van der Waals surface area contributed by atoms with Crippen LogP contribution in [-0.2, 0) is 5.75 Å². The van der Waals surface area contributed by atoms with Crippen molar-refractivity contribution in [3.63, 3.8) is 0 Å². The van der Waals surface area contributed by atoms with Gasteiger partial charge in [-0.3, -0.25) is 9.47 Å². The molecule has 0 fully saturated rings. The highest BCUT2D eigenvalue weighted by Gasteiger charge is 2.21. The molecule has 2 heterocycles. The maximum absolute atomic E-state index is 6.09. The Hall–Kier alpha value is -2.32. The number of aromatic nitrogens is 4. The molecule has 0 aliphatic rings. The van der Waals surface area contributed by atoms with Gasteiger partial charge in [0.2, 0.25) is 5.89 Å². The number of nitrogens with zero attached hydrogens (tertiary/aromatic N) is 5. The van der Waals surface area contributed by atoms with E-state index in [1.54, 1.807) is 18.0 Å². The van der Waals surface area contributed by atoms with Crippen LogP contribution in [0.2, 0.25) is 10.0 Å². The van der Waals surface area contributed by atoms with Crippen LogP contribution in [0.15, 0.2) is 64.4 Å². The molecule has 1 unspecified atom stereocenters. The zero-order valence-corrected chi connectivity index (χ0v) is 19.6. The minimum absolute atomic E-state index is 0.0843. The van der Waals surface area contributed by atoms with E-state index >= 15 is 0 Å². The Bertz CT molecular complexity index is 1160. The van der Waals surface area contributed by atoms with Crippen LogP contribution < -0.4 is 0 Å². The fourth-order valence-electron chi connectivity index (χ4n) is 2.95. The van der Waals surface area contributed by atoms with Gasteiger partial charge in [0.1, 0.15) is 6.26 Å². The van der Waals surface area contributed by atoms with Gasteiger partial charge in [0.05, 0.1) is 11.7 Å². The summed E-state index contributed by atoms with van der Waals surface area (Å²) in [4.78, 5) is 6.69. The molecule has 0 amide bonds. The number of thioether (sulfide) groups is 1. The fourth-order valence-corrected chi connectivity index (χ4v) is 4.03. The summed E-state index contributed by atoms with van der Waals surface area (Å²) >= 11 is 13.6. The van der Waals surface area contributed by atoms with Crippen LogP contribution in [0, 0.1) is 0 Å². The van der Waals surface area contributed by atoms with Crippen molar-refractivity contribution in [3.05, 3.63) is 76.4 Å². The zero-order chi connectivity index (χ0) is 22.0. The Balaban J connectivity index is 1.59. The van der Waals surface area contributed by atoms with E-state index in [0.29, 0.717) is 21.7 Å². The van der Waals surface area contributed by atoms with Crippen molar-refractivity contribution in [1.29, 1.82) is 0 Å². The van der Waals surface area contributed by atoms with Crippen molar-refractivity contribution in [2.24, 2.45) is 0 Å². The molecule has 0 saturated heterocycles. The average molecular weight is 474 g/mol. The van der Waals surface area contributed by atoms with Crippen molar-refractivity contribution < 1.29 is 4.42 Å². The number of rotatable bonds is 7. The van der Waals surface area contributed by atoms with Gasteiger partial charge >= 0.3 is 0 Å². The lowest BCUT2D eigenvalue weighted by atomic mass is 10.2. The van der Waals surface area contributed by atoms with E-state index in [1.165, 1.54) is 0 Å². The lowest BCUT2D eigenvalue weighted by Crippen LogP contribution is -2.20. The molecule has 0 spiro atoms. The Morgan fingerprint density at radius 3 is 2.29 bits per heavy atom. The number of halogens is 2. The van der Waals surface area contributed by atoms with Crippen molar-refractivity contribution in [1.82, 2.24) is 24.6 Å². The van der Waals surface area contributed by atoms with Crippen molar-refractivity contribution in [3.8, 4) is 17.1 Å². The summed E-state index contributed by atoms with van der Waals surface area (Å²) in [6.45, 7) is 2.10. The summed E-state index contributed by atoms with van der Waals surface area (Å²) in [7, 11) is 4.04. The van der Waals surface area contributed by atoms with Gasteiger partial charge < -0.3 is 4.42 Å². The van der Waals surface area contributed by atoms with E-state index in [0.717, 1.165) is 27.9 Å². The summed E-state index contributed by atoms with van der Waals surface area (Å²) < 4.78 is 7.71. The van der Waals surface area contributed by atoms with E-state index in [9.17, 15) is 0 Å². The predicted octanol–water partition coefficient (Wildman–Crippen LogP) is 6.14. The minimum atomic E-state index is 0.0843. The maximum Gasteiger partial charge on any atom is 0.226 e. The molecule has 0 radical (unpaired) electrons. The first kappa shape index (κ1) is 21.9. The lowest BCUT2D eigenvalue weighted by Gasteiger charge is -2.20.